The largest absolute Gasteiger partial charge is 0.328 e. The van der Waals surface area contributed by atoms with Crippen molar-refractivity contribution in [3.8, 4) is 0 Å². The number of nitrogens with one attached hydrogen (secondary N) is 1. The number of H-pyrrole nitrogens is 1. The molecule has 0 bridgehead atoms. The Kier molecular flexibility index (Phi) is 5.87. The van der Waals surface area contributed by atoms with Gasteiger partial charge in [-0.15, -0.1) is 5.10 Å². The summed E-state index contributed by atoms with van der Waals surface area (Å²) in [7, 11) is -0.434. The van der Waals surface area contributed by atoms with Gasteiger partial charge in [0, 0.05) is 27.1 Å². The Morgan fingerprint density at radius 1 is 1.22 bits per heavy atom. The summed E-state index contributed by atoms with van der Waals surface area (Å²) in [5.41, 5.74) is 1.60. The lowest BCUT2D eigenvalue weighted by Gasteiger charge is -2.11. The van der Waals surface area contributed by atoms with Crippen LogP contribution in [0.3, 0.4) is 0 Å². The first kappa shape index (κ1) is 19.8. The first-order chi connectivity index (χ1) is 12.9. The topological polar surface area (TPSA) is 96.8 Å². The summed E-state index contributed by atoms with van der Waals surface area (Å²) in [5, 5.41) is 7.88. The van der Waals surface area contributed by atoms with E-state index in [1.165, 1.54) is 30.2 Å². The Bertz CT molecular complexity index is 1040. The average Bonchev–Trinajstić information content (AvgIpc) is 3.22. The lowest BCUT2D eigenvalue weighted by molar-refractivity contribution is 0.521. The molecule has 0 spiro atoms. The van der Waals surface area contributed by atoms with E-state index in [9.17, 15) is 8.42 Å². The molecule has 27 heavy (non-hydrogen) atoms. The third-order valence-electron chi connectivity index (χ3n) is 4.22. The van der Waals surface area contributed by atoms with Crippen molar-refractivity contribution in [2.45, 2.75) is 49.0 Å². The zero-order chi connectivity index (χ0) is 19.6. The van der Waals surface area contributed by atoms with Crippen molar-refractivity contribution < 1.29 is 8.42 Å². The minimum Gasteiger partial charge on any atom is -0.328 e. The fraction of sp³-hybridized carbons (Fsp3) is 0.471. The fourth-order valence-electron chi connectivity index (χ4n) is 2.81. The van der Waals surface area contributed by atoms with Gasteiger partial charge in [0.05, 0.1) is 21.7 Å². The Morgan fingerprint density at radius 3 is 2.67 bits per heavy atom. The molecule has 0 fully saturated rings. The lowest BCUT2D eigenvalue weighted by Crippen LogP contribution is -2.22. The van der Waals surface area contributed by atoms with Gasteiger partial charge in [-0.05, 0) is 31.5 Å². The van der Waals surface area contributed by atoms with Gasteiger partial charge in [-0.25, -0.2) is 22.7 Å². The summed E-state index contributed by atoms with van der Waals surface area (Å²) in [5.74, 6) is 2.38. The second-order valence-electron chi connectivity index (χ2n) is 6.31. The van der Waals surface area contributed by atoms with Crippen molar-refractivity contribution in [3.05, 3.63) is 29.8 Å². The highest BCUT2D eigenvalue weighted by atomic mass is 32.2. The maximum Gasteiger partial charge on any atom is 0.242 e. The molecule has 2 heterocycles. The van der Waals surface area contributed by atoms with E-state index in [0.717, 1.165) is 36.6 Å². The van der Waals surface area contributed by atoms with Gasteiger partial charge in [0.1, 0.15) is 11.6 Å². The molecule has 0 aliphatic rings. The van der Waals surface area contributed by atoms with Crippen molar-refractivity contribution >= 4 is 32.8 Å². The zero-order valence-electron chi connectivity index (χ0n) is 15.9. The molecule has 146 valence electrons. The molecule has 0 aliphatic heterocycles. The second kappa shape index (κ2) is 7.99. The van der Waals surface area contributed by atoms with E-state index < -0.39 is 10.0 Å². The number of thioether (sulfide) groups is 1. The third kappa shape index (κ3) is 4.02. The minimum absolute atomic E-state index is 0.248. The molecule has 3 rings (SSSR count). The Balaban J connectivity index is 1.88. The van der Waals surface area contributed by atoms with Crippen LogP contribution in [0.4, 0.5) is 0 Å². The summed E-state index contributed by atoms with van der Waals surface area (Å²) in [6.07, 6.45) is 1.90. The Labute approximate surface area is 163 Å². The maximum absolute atomic E-state index is 12.4. The number of fused-ring (bicyclic) bond motifs is 1. The van der Waals surface area contributed by atoms with E-state index >= 15 is 0 Å². The van der Waals surface area contributed by atoms with Gasteiger partial charge in [0.2, 0.25) is 15.2 Å². The van der Waals surface area contributed by atoms with Gasteiger partial charge in [-0.2, -0.15) is 0 Å². The second-order valence-corrected chi connectivity index (χ2v) is 9.41. The number of nitrogens with zero attached hydrogens (tertiary/aromatic N) is 5. The molecule has 0 amide bonds. The fourth-order valence-corrected chi connectivity index (χ4v) is 4.50. The Morgan fingerprint density at radius 2 is 2.00 bits per heavy atom. The molecular formula is C17H24N6O2S2. The van der Waals surface area contributed by atoms with Crippen LogP contribution in [-0.4, -0.2) is 51.6 Å². The van der Waals surface area contributed by atoms with Crippen molar-refractivity contribution in [3.63, 3.8) is 0 Å². The molecule has 8 nitrogen and oxygen atoms in total. The van der Waals surface area contributed by atoms with E-state index in [0.29, 0.717) is 16.4 Å². The van der Waals surface area contributed by atoms with Crippen LogP contribution in [-0.2, 0) is 28.7 Å². The summed E-state index contributed by atoms with van der Waals surface area (Å²) < 4.78 is 28.0. The Hall–Kier alpha value is -1.91. The van der Waals surface area contributed by atoms with Crippen LogP contribution < -0.4 is 0 Å². The predicted octanol–water partition coefficient (Wildman–Crippen LogP) is 2.67. The monoisotopic (exact) mass is 408 g/mol. The molecule has 0 atom stereocenters. The number of aryl methyl sites for hydroxylation is 2. The van der Waals surface area contributed by atoms with Crippen molar-refractivity contribution in [2.24, 2.45) is 0 Å². The van der Waals surface area contributed by atoms with Gasteiger partial charge >= 0.3 is 0 Å². The summed E-state index contributed by atoms with van der Waals surface area (Å²) in [6.45, 7) is 4.90. The predicted molar refractivity (Wildman–Crippen MR) is 106 cm³/mol. The molecule has 1 aromatic carbocycles. The summed E-state index contributed by atoms with van der Waals surface area (Å²) in [6, 6.07) is 5.09. The molecule has 1 N–H and O–H groups in total. The van der Waals surface area contributed by atoms with Crippen LogP contribution in [0.5, 0.6) is 0 Å². The van der Waals surface area contributed by atoms with Crippen LogP contribution in [0, 0.1) is 0 Å². The van der Waals surface area contributed by atoms with E-state index in [1.54, 1.807) is 12.1 Å². The van der Waals surface area contributed by atoms with E-state index in [1.807, 2.05) is 13.0 Å². The molecule has 0 saturated heterocycles. The molecular weight excluding hydrogens is 384 g/mol. The smallest absolute Gasteiger partial charge is 0.242 e. The van der Waals surface area contributed by atoms with Crippen LogP contribution in [0.15, 0.2) is 28.3 Å². The molecule has 3 aromatic rings. The van der Waals surface area contributed by atoms with Crippen LogP contribution in [0.1, 0.15) is 31.9 Å². The first-order valence-electron chi connectivity index (χ1n) is 8.82. The average molecular weight is 409 g/mol. The van der Waals surface area contributed by atoms with E-state index in [4.69, 9.17) is 0 Å². The molecule has 0 saturated carbocycles. The quantitative estimate of drug-likeness (QED) is 0.576. The number of rotatable bonds is 8. The molecule has 0 radical (unpaired) electrons. The number of imidazole rings is 1. The third-order valence-corrected chi connectivity index (χ3v) is 6.88. The van der Waals surface area contributed by atoms with Crippen molar-refractivity contribution in [1.82, 2.24) is 29.0 Å². The summed E-state index contributed by atoms with van der Waals surface area (Å²) >= 11 is 1.52. The number of hydrogen-bond acceptors (Lipinski definition) is 6. The highest BCUT2D eigenvalue weighted by Gasteiger charge is 2.19. The highest BCUT2D eigenvalue weighted by molar-refractivity contribution is 7.98. The van der Waals surface area contributed by atoms with Crippen molar-refractivity contribution in [2.75, 3.05) is 14.1 Å². The van der Waals surface area contributed by atoms with E-state index in [2.05, 4.69) is 31.7 Å². The summed E-state index contributed by atoms with van der Waals surface area (Å²) in [4.78, 5) is 9.38. The number of sulfonamides is 1. The molecule has 0 unspecified atom stereocenters. The normalized spacial score (nSPS) is 12.3. The van der Waals surface area contributed by atoms with Gasteiger partial charge in [0.25, 0.3) is 0 Å². The number of aromatic amines is 1. The molecule has 10 heteroatoms. The standard InChI is InChI=1S/C17H24N6O2S2/c1-5-7-15-19-17(21-20-15)26-11-16-18-13-10-12(27(24,25)22(3)4)8-9-14(13)23(16)6-2/h8-10H,5-7,11H2,1-4H3,(H,19,20,21). The number of benzene rings is 1. The van der Waals surface area contributed by atoms with Gasteiger partial charge < -0.3 is 4.57 Å². The lowest BCUT2D eigenvalue weighted by atomic mass is 10.3. The van der Waals surface area contributed by atoms with Crippen LogP contribution in [0.2, 0.25) is 0 Å². The molecule has 2 aromatic heterocycles. The maximum atomic E-state index is 12.4. The number of aromatic nitrogens is 5. The van der Waals surface area contributed by atoms with Gasteiger partial charge in [-0.1, -0.05) is 18.7 Å². The first-order valence-corrected chi connectivity index (χ1v) is 11.2. The highest BCUT2D eigenvalue weighted by Crippen LogP contribution is 2.25. The SMILES string of the molecule is CCCc1nc(SCc2nc3cc(S(=O)(=O)N(C)C)ccc3n2CC)n[nH]1. The zero-order valence-corrected chi connectivity index (χ0v) is 17.6. The van der Waals surface area contributed by atoms with Crippen LogP contribution in [0.25, 0.3) is 11.0 Å². The van der Waals surface area contributed by atoms with E-state index in [-0.39, 0.29) is 4.90 Å². The van der Waals surface area contributed by atoms with Gasteiger partial charge in [0.15, 0.2) is 0 Å². The minimum atomic E-state index is -3.48. The molecule has 0 aliphatic carbocycles. The van der Waals surface area contributed by atoms with Gasteiger partial charge in [-0.3, -0.25) is 5.10 Å². The number of hydrogen-bond donors (Lipinski definition) is 1. The van der Waals surface area contributed by atoms with Crippen molar-refractivity contribution in [1.29, 1.82) is 0 Å². The van der Waals surface area contributed by atoms with Crippen LogP contribution >= 0.6 is 11.8 Å².